The Hall–Kier alpha value is -0.980. The molecule has 1 heterocycles. The first-order valence-electron chi connectivity index (χ1n) is 6.08. The molecule has 1 aromatic heterocycles. The standard InChI is InChI=1S/C14H14BrF2NOS/c1-3-18-14(11-4-5-12(15)20-11)13-9(16)6-8(19-2)7-10(13)17/h4-7,14,18H,3H2,1-2H3. The molecule has 1 atom stereocenters. The van der Waals surface area contributed by atoms with Gasteiger partial charge in [0.25, 0.3) is 0 Å². The summed E-state index contributed by atoms with van der Waals surface area (Å²) in [5.41, 5.74) is 0.0157. The average molecular weight is 362 g/mol. The van der Waals surface area contributed by atoms with E-state index in [1.54, 1.807) is 0 Å². The summed E-state index contributed by atoms with van der Waals surface area (Å²) in [6.45, 7) is 2.50. The van der Waals surface area contributed by atoms with Crippen LogP contribution in [0.2, 0.25) is 0 Å². The molecule has 0 spiro atoms. The Balaban J connectivity index is 2.49. The van der Waals surface area contributed by atoms with Crippen molar-refractivity contribution >= 4 is 27.3 Å². The topological polar surface area (TPSA) is 21.3 Å². The van der Waals surface area contributed by atoms with Crippen LogP contribution in [0.1, 0.15) is 23.4 Å². The highest BCUT2D eigenvalue weighted by molar-refractivity contribution is 9.11. The molecule has 0 aliphatic rings. The Morgan fingerprint density at radius 1 is 1.30 bits per heavy atom. The van der Waals surface area contributed by atoms with E-state index in [-0.39, 0.29) is 11.3 Å². The van der Waals surface area contributed by atoms with Crippen molar-refractivity contribution in [3.05, 3.63) is 50.1 Å². The van der Waals surface area contributed by atoms with Crippen LogP contribution in [-0.2, 0) is 0 Å². The van der Waals surface area contributed by atoms with E-state index in [1.165, 1.54) is 30.6 Å². The molecule has 0 aliphatic carbocycles. The number of nitrogens with one attached hydrogen (secondary N) is 1. The Morgan fingerprint density at radius 2 is 1.95 bits per heavy atom. The van der Waals surface area contributed by atoms with Crippen LogP contribution < -0.4 is 10.1 Å². The number of hydrogen-bond donors (Lipinski definition) is 1. The first-order valence-corrected chi connectivity index (χ1v) is 7.69. The van der Waals surface area contributed by atoms with E-state index in [9.17, 15) is 8.78 Å². The lowest BCUT2D eigenvalue weighted by Crippen LogP contribution is -2.23. The highest BCUT2D eigenvalue weighted by atomic mass is 79.9. The van der Waals surface area contributed by atoms with Gasteiger partial charge in [-0.25, -0.2) is 8.78 Å². The van der Waals surface area contributed by atoms with Crippen LogP contribution in [0, 0.1) is 11.6 Å². The fourth-order valence-corrected chi connectivity index (χ4v) is 3.50. The van der Waals surface area contributed by atoms with E-state index in [0.29, 0.717) is 6.54 Å². The van der Waals surface area contributed by atoms with E-state index in [1.807, 2.05) is 19.1 Å². The number of ether oxygens (including phenoxy) is 1. The third-order valence-corrected chi connectivity index (χ3v) is 4.55. The molecule has 0 amide bonds. The summed E-state index contributed by atoms with van der Waals surface area (Å²) in [6.07, 6.45) is 0. The van der Waals surface area contributed by atoms with Crippen LogP contribution in [0.25, 0.3) is 0 Å². The number of methoxy groups -OCH3 is 1. The maximum Gasteiger partial charge on any atom is 0.134 e. The molecule has 2 rings (SSSR count). The van der Waals surface area contributed by atoms with Gasteiger partial charge in [0.05, 0.1) is 16.9 Å². The number of rotatable bonds is 5. The fourth-order valence-electron chi connectivity index (χ4n) is 1.99. The molecule has 0 aliphatic heterocycles. The van der Waals surface area contributed by atoms with Crippen LogP contribution in [0.3, 0.4) is 0 Å². The van der Waals surface area contributed by atoms with Crippen molar-refractivity contribution in [2.24, 2.45) is 0 Å². The van der Waals surface area contributed by atoms with Gasteiger partial charge < -0.3 is 10.1 Å². The molecule has 1 aromatic carbocycles. The van der Waals surface area contributed by atoms with Crippen LogP contribution in [0.4, 0.5) is 8.78 Å². The van der Waals surface area contributed by atoms with E-state index in [4.69, 9.17) is 4.74 Å². The van der Waals surface area contributed by atoms with Crippen molar-refractivity contribution < 1.29 is 13.5 Å². The predicted molar refractivity (Wildman–Crippen MR) is 80.4 cm³/mol. The smallest absolute Gasteiger partial charge is 0.134 e. The zero-order valence-corrected chi connectivity index (χ0v) is 13.4. The summed E-state index contributed by atoms with van der Waals surface area (Å²) in [5.74, 6) is -1.05. The number of thiophene rings is 1. The number of benzene rings is 1. The van der Waals surface area contributed by atoms with Gasteiger partial charge in [-0.1, -0.05) is 6.92 Å². The third kappa shape index (κ3) is 3.19. The largest absolute Gasteiger partial charge is 0.497 e. The first kappa shape index (κ1) is 15.4. The van der Waals surface area contributed by atoms with E-state index < -0.39 is 17.7 Å². The van der Waals surface area contributed by atoms with Gasteiger partial charge in [0.15, 0.2) is 0 Å². The van der Waals surface area contributed by atoms with Crippen molar-refractivity contribution in [3.8, 4) is 5.75 Å². The van der Waals surface area contributed by atoms with Crippen molar-refractivity contribution in [1.29, 1.82) is 0 Å². The van der Waals surface area contributed by atoms with Crippen LogP contribution in [0.15, 0.2) is 28.1 Å². The molecule has 0 bridgehead atoms. The summed E-state index contributed by atoms with van der Waals surface area (Å²) in [5, 5.41) is 3.12. The lowest BCUT2D eigenvalue weighted by molar-refractivity contribution is 0.403. The molecular weight excluding hydrogens is 348 g/mol. The Bertz CT molecular complexity index is 580. The van der Waals surface area contributed by atoms with Gasteiger partial charge in [0.1, 0.15) is 17.4 Å². The molecule has 1 unspecified atom stereocenters. The van der Waals surface area contributed by atoms with Gasteiger partial charge in [-0.2, -0.15) is 0 Å². The summed E-state index contributed by atoms with van der Waals surface area (Å²) in [7, 11) is 1.38. The lowest BCUT2D eigenvalue weighted by atomic mass is 10.0. The summed E-state index contributed by atoms with van der Waals surface area (Å²) >= 11 is 4.81. The molecule has 6 heteroatoms. The maximum absolute atomic E-state index is 14.2. The molecule has 0 saturated carbocycles. The van der Waals surface area contributed by atoms with Gasteiger partial charge in [-0.15, -0.1) is 11.3 Å². The van der Waals surface area contributed by atoms with E-state index in [0.717, 1.165) is 8.66 Å². The minimum absolute atomic E-state index is 0.0157. The summed E-state index contributed by atoms with van der Waals surface area (Å²) in [6, 6.07) is 5.60. The molecular formula is C14H14BrF2NOS. The number of hydrogen-bond acceptors (Lipinski definition) is 3. The highest BCUT2D eigenvalue weighted by Gasteiger charge is 2.23. The van der Waals surface area contributed by atoms with Gasteiger partial charge >= 0.3 is 0 Å². The summed E-state index contributed by atoms with van der Waals surface area (Å²) < 4.78 is 34.2. The molecule has 0 radical (unpaired) electrons. The minimum atomic E-state index is -0.614. The number of halogens is 3. The Morgan fingerprint density at radius 3 is 2.40 bits per heavy atom. The van der Waals surface area contributed by atoms with Crippen molar-refractivity contribution in [2.75, 3.05) is 13.7 Å². The van der Waals surface area contributed by atoms with Crippen LogP contribution in [0.5, 0.6) is 5.75 Å². The van der Waals surface area contributed by atoms with E-state index in [2.05, 4.69) is 21.2 Å². The Labute approximate surface area is 128 Å². The molecule has 2 aromatic rings. The second-order valence-electron chi connectivity index (χ2n) is 4.14. The zero-order valence-electron chi connectivity index (χ0n) is 11.0. The third-order valence-electron chi connectivity index (χ3n) is 2.86. The van der Waals surface area contributed by atoms with Gasteiger partial charge in [-0.3, -0.25) is 0 Å². The van der Waals surface area contributed by atoms with Crippen molar-refractivity contribution in [1.82, 2.24) is 5.32 Å². The van der Waals surface area contributed by atoms with E-state index >= 15 is 0 Å². The van der Waals surface area contributed by atoms with Crippen molar-refractivity contribution in [3.63, 3.8) is 0 Å². The molecule has 20 heavy (non-hydrogen) atoms. The van der Waals surface area contributed by atoms with Crippen LogP contribution >= 0.6 is 27.3 Å². The monoisotopic (exact) mass is 361 g/mol. The van der Waals surface area contributed by atoms with Gasteiger partial charge in [0.2, 0.25) is 0 Å². The second kappa shape index (κ2) is 6.65. The molecule has 1 N–H and O–H groups in total. The fraction of sp³-hybridized carbons (Fsp3) is 0.286. The lowest BCUT2D eigenvalue weighted by Gasteiger charge is -2.19. The molecule has 108 valence electrons. The first-order chi connectivity index (χ1) is 9.56. The van der Waals surface area contributed by atoms with Gasteiger partial charge in [-0.05, 0) is 34.6 Å². The quantitative estimate of drug-likeness (QED) is 0.846. The molecule has 2 nitrogen and oxygen atoms in total. The van der Waals surface area contributed by atoms with Crippen LogP contribution in [-0.4, -0.2) is 13.7 Å². The zero-order chi connectivity index (χ0) is 14.7. The molecule has 0 fully saturated rings. The van der Waals surface area contributed by atoms with Gasteiger partial charge in [0, 0.05) is 22.6 Å². The normalized spacial score (nSPS) is 12.4. The second-order valence-corrected chi connectivity index (χ2v) is 6.63. The minimum Gasteiger partial charge on any atom is -0.497 e. The van der Waals surface area contributed by atoms with Crippen molar-refractivity contribution in [2.45, 2.75) is 13.0 Å². The molecule has 0 saturated heterocycles. The average Bonchev–Trinajstić information content (AvgIpc) is 2.83. The maximum atomic E-state index is 14.2. The Kier molecular flexibility index (Phi) is 5.12. The summed E-state index contributed by atoms with van der Waals surface area (Å²) in [4.78, 5) is 0.849. The SMILES string of the molecule is CCNC(c1ccc(Br)s1)c1c(F)cc(OC)cc1F. The predicted octanol–water partition coefficient (Wildman–Crippen LogP) is 4.50. The highest BCUT2D eigenvalue weighted by Crippen LogP contribution is 2.34.